The average Bonchev–Trinajstić information content (AvgIpc) is 2.87. The van der Waals surface area contributed by atoms with E-state index in [-0.39, 0.29) is 18.4 Å². The number of nitrogens with zero attached hydrogens (tertiary/aromatic N) is 3. The lowest BCUT2D eigenvalue weighted by Gasteiger charge is -2.16. The lowest BCUT2D eigenvalue weighted by molar-refractivity contribution is -0.140. The molecule has 0 fully saturated rings. The molecule has 0 spiro atoms. The fourth-order valence-corrected chi connectivity index (χ4v) is 3.56. The molecule has 2 atom stereocenters. The van der Waals surface area contributed by atoms with Crippen molar-refractivity contribution in [1.29, 1.82) is 0 Å². The number of rotatable bonds is 7. The fraction of sp³-hybridized carbons (Fsp3) is 0.364. The van der Waals surface area contributed by atoms with Crippen LogP contribution in [0.3, 0.4) is 0 Å². The summed E-state index contributed by atoms with van der Waals surface area (Å²) in [5.41, 5.74) is 4.03. The van der Waals surface area contributed by atoms with E-state index in [0.29, 0.717) is 19.3 Å². The summed E-state index contributed by atoms with van der Waals surface area (Å²) in [4.78, 5) is 26.2. The van der Waals surface area contributed by atoms with Crippen LogP contribution < -0.4 is 0 Å². The van der Waals surface area contributed by atoms with Gasteiger partial charge >= 0.3 is 5.97 Å². The molecule has 0 unspecified atom stereocenters. The monoisotopic (exact) mass is 457 g/mol. The number of hydrogen-bond donors (Lipinski definition) is 1. The molecule has 1 aromatic heterocycles. The molecule has 1 N–H and O–H groups in total. The molecule has 1 aromatic carbocycles. The van der Waals surface area contributed by atoms with Crippen LogP contribution >= 0.6 is 15.9 Å². The fourth-order valence-electron chi connectivity index (χ4n) is 3.20. The number of aliphatic hydroxyl groups is 1. The number of ether oxygens (including phenoxy) is 1. The van der Waals surface area contributed by atoms with Gasteiger partial charge in [0.1, 0.15) is 0 Å². The second kappa shape index (κ2) is 9.89. The van der Waals surface area contributed by atoms with Gasteiger partial charge in [-0.3, -0.25) is 19.8 Å². The van der Waals surface area contributed by atoms with Crippen molar-refractivity contribution in [2.45, 2.75) is 44.8 Å². The zero-order valence-electron chi connectivity index (χ0n) is 16.5. The van der Waals surface area contributed by atoms with E-state index in [1.165, 1.54) is 7.11 Å². The van der Waals surface area contributed by atoms with Gasteiger partial charge in [0.05, 0.1) is 36.3 Å². The molecule has 0 saturated heterocycles. The Morgan fingerprint density at radius 2 is 2.14 bits per heavy atom. The highest BCUT2D eigenvalue weighted by Crippen LogP contribution is 2.31. The van der Waals surface area contributed by atoms with Crippen molar-refractivity contribution in [2.75, 3.05) is 7.11 Å². The number of benzene rings is 1. The second-order valence-electron chi connectivity index (χ2n) is 6.98. The molecule has 3 rings (SSSR count). The Labute approximate surface area is 178 Å². The normalized spacial score (nSPS) is 16.9. The molecule has 152 valence electrons. The smallest absolute Gasteiger partial charge is 0.305 e. The first-order valence-electron chi connectivity index (χ1n) is 9.59. The van der Waals surface area contributed by atoms with Gasteiger partial charge in [-0.25, -0.2) is 0 Å². The van der Waals surface area contributed by atoms with Gasteiger partial charge in [0, 0.05) is 28.4 Å². The minimum Gasteiger partial charge on any atom is -0.469 e. The molecule has 2 aromatic rings. The first-order chi connectivity index (χ1) is 14.0. The number of aliphatic imine (C=N–C) groups is 2. The summed E-state index contributed by atoms with van der Waals surface area (Å²) >= 11 is 3.54. The first-order valence-corrected chi connectivity index (χ1v) is 10.4. The minimum absolute atomic E-state index is 0.244. The zero-order chi connectivity index (χ0) is 20.8. The first kappa shape index (κ1) is 21.3. The van der Waals surface area contributed by atoms with E-state index in [1.54, 1.807) is 13.1 Å². The molecule has 0 radical (unpaired) electrons. The Balaban J connectivity index is 2.09. The largest absolute Gasteiger partial charge is 0.469 e. The highest BCUT2D eigenvalue weighted by Gasteiger charge is 2.25. The van der Waals surface area contributed by atoms with E-state index >= 15 is 0 Å². The number of halogens is 1. The number of esters is 1. The number of pyridine rings is 1. The number of fused-ring (bicyclic) bond motifs is 1. The summed E-state index contributed by atoms with van der Waals surface area (Å²) < 4.78 is 5.73. The maximum atomic E-state index is 11.8. The molecular weight excluding hydrogens is 434 g/mol. The van der Waals surface area contributed by atoms with Crippen LogP contribution in [-0.4, -0.2) is 46.7 Å². The van der Waals surface area contributed by atoms with Crippen molar-refractivity contribution in [2.24, 2.45) is 9.98 Å². The Bertz CT molecular complexity index is 926. The molecule has 7 heteroatoms. The predicted octanol–water partition coefficient (Wildman–Crippen LogP) is 4.25. The molecule has 0 aliphatic carbocycles. The Morgan fingerprint density at radius 3 is 2.83 bits per heavy atom. The van der Waals surface area contributed by atoms with Crippen LogP contribution in [0.5, 0.6) is 0 Å². The van der Waals surface area contributed by atoms with Gasteiger partial charge in [-0.05, 0) is 56.5 Å². The highest BCUT2D eigenvalue weighted by atomic mass is 79.9. The maximum Gasteiger partial charge on any atom is 0.305 e. The number of aromatic nitrogens is 1. The standard InChI is InChI=1S/C22H24BrN3O3/c1-14(27)6-8-18-19(10-11-21(28)29-2)26-22(20-5-3-4-12-24-20)16-13-15(23)7-9-17(16)25-18/h3-5,7,9,12-14,19,27H,6,8,10-11H2,1-2H3/t14-,19-/m0/s1. The number of aliphatic hydroxyl groups excluding tert-OH is 1. The molecular formula is C22H24BrN3O3. The van der Waals surface area contributed by atoms with Crippen molar-refractivity contribution in [3.05, 3.63) is 58.3 Å². The van der Waals surface area contributed by atoms with Crippen LogP contribution in [0.15, 0.2) is 57.1 Å². The van der Waals surface area contributed by atoms with E-state index in [4.69, 9.17) is 14.7 Å². The van der Waals surface area contributed by atoms with E-state index in [2.05, 4.69) is 20.9 Å². The third-order valence-corrected chi connectivity index (χ3v) is 5.22. The Hall–Kier alpha value is -2.38. The Kier molecular flexibility index (Phi) is 7.28. The summed E-state index contributed by atoms with van der Waals surface area (Å²) in [6.45, 7) is 1.76. The lowest BCUT2D eigenvalue weighted by Crippen LogP contribution is -2.23. The summed E-state index contributed by atoms with van der Waals surface area (Å²) in [5, 5.41) is 9.78. The van der Waals surface area contributed by atoms with Crippen molar-refractivity contribution >= 4 is 39.0 Å². The molecule has 6 nitrogen and oxygen atoms in total. The SMILES string of the molecule is COC(=O)CC[C@@H]1N=C(c2ccccn2)c2cc(Br)ccc2N=C1CC[C@H](C)O. The van der Waals surface area contributed by atoms with Crippen LogP contribution in [0, 0.1) is 0 Å². The van der Waals surface area contributed by atoms with Crippen molar-refractivity contribution < 1.29 is 14.6 Å². The van der Waals surface area contributed by atoms with Crippen LogP contribution in [0.25, 0.3) is 0 Å². The quantitative estimate of drug-likeness (QED) is 0.629. The van der Waals surface area contributed by atoms with E-state index in [9.17, 15) is 9.90 Å². The van der Waals surface area contributed by atoms with Crippen LogP contribution in [0.1, 0.15) is 43.9 Å². The molecule has 0 saturated carbocycles. The van der Waals surface area contributed by atoms with Crippen LogP contribution in [0.2, 0.25) is 0 Å². The van der Waals surface area contributed by atoms with Crippen LogP contribution in [0.4, 0.5) is 5.69 Å². The molecule has 1 aliphatic heterocycles. The van der Waals surface area contributed by atoms with Crippen molar-refractivity contribution in [3.8, 4) is 0 Å². The maximum absolute atomic E-state index is 11.8. The second-order valence-corrected chi connectivity index (χ2v) is 7.89. The number of carbonyl (C=O) groups excluding carboxylic acids is 1. The number of carbonyl (C=O) groups is 1. The van der Waals surface area contributed by atoms with Crippen molar-refractivity contribution in [1.82, 2.24) is 4.98 Å². The van der Waals surface area contributed by atoms with E-state index in [0.717, 1.165) is 32.8 Å². The van der Waals surface area contributed by atoms with Gasteiger partial charge in [-0.1, -0.05) is 22.0 Å². The number of hydrogen-bond acceptors (Lipinski definition) is 6. The third-order valence-electron chi connectivity index (χ3n) is 4.72. The van der Waals surface area contributed by atoms with Gasteiger partial charge in [0.2, 0.25) is 0 Å². The van der Waals surface area contributed by atoms with Gasteiger partial charge in [-0.2, -0.15) is 0 Å². The lowest BCUT2D eigenvalue weighted by atomic mass is 10.0. The molecule has 29 heavy (non-hydrogen) atoms. The number of methoxy groups -OCH3 is 1. The molecule has 2 heterocycles. The predicted molar refractivity (Wildman–Crippen MR) is 117 cm³/mol. The summed E-state index contributed by atoms with van der Waals surface area (Å²) in [5.74, 6) is -0.279. The van der Waals surface area contributed by atoms with E-state index < -0.39 is 6.10 Å². The molecule has 0 bridgehead atoms. The Morgan fingerprint density at radius 1 is 1.31 bits per heavy atom. The topological polar surface area (TPSA) is 84.1 Å². The van der Waals surface area contributed by atoms with Gasteiger partial charge in [0.25, 0.3) is 0 Å². The molecule has 1 aliphatic rings. The van der Waals surface area contributed by atoms with E-state index in [1.807, 2.05) is 36.4 Å². The molecule has 0 amide bonds. The van der Waals surface area contributed by atoms with Gasteiger partial charge in [0.15, 0.2) is 0 Å². The zero-order valence-corrected chi connectivity index (χ0v) is 18.1. The highest BCUT2D eigenvalue weighted by molar-refractivity contribution is 9.10. The third kappa shape index (κ3) is 5.58. The summed E-state index contributed by atoms with van der Waals surface area (Å²) in [6, 6.07) is 11.3. The van der Waals surface area contributed by atoms with Gasteiger partial charge < -0.3 is 9.84 Å². The summed E-state index contributed by atoms with van der Waals surface area (Å²) in [6.07, 6.45) is 3.20. The average molecular weight is 458 g/mol. The summed E-state index contributed by atoms with van der Waals surface area (Å²) in [7, 11) is 1.38. The minimum atomic E-state index is -0.439. The van der Waals surface area contributed by atoms with Crippen LogP contribution in [-0.2, 0) is 9.53 Å². The van der Waals surface area contributed by atoms with Gasteiger partial charge in [-0.15, -0.1) is 0 Å². The van der Waals surface area contributed by atoms with Crippen molar-refractivity contribution in [3.63, 3.8) is 0 Å².